The molecule has 7 nitrogen and oxygen atoms in total. The minimum Gasteiger partial charge on any atom is -0.305 e. The smallest absolute Gasteiger partial charge is 0.184 e. The predicted octanol–water partition coefficient (Wildman–Crippen LogP) is 9.73. The molecule has 3 aromatic heterocycles. The molecule has 0 amide bonds. The summed E-state index contributed by atoms with van der Waals surface area (Å²) in [5.74, 6) is 1.77. The molecule has 1 aliphatic carbocycles. The van der Waals surface area contributed by atoms with Gasteiger partial charge < -0.3 is 4.57 Å². The van der Waals surface area contributed by atoms with E-state index in [-0.39, 0.29) is 6.04 Å². The Morgan fingerprint density at radius 3 is 2.02 bits per heavy atom. The van der Waals surface area contributed by atoms with Crippen LogP contribution in [-0.4, -0.2) is 34.7 Å². The number of benzene rings is 5. The maximum absolute atomic E-state index is 5.12. The largest absolute Gasteiger partial charge is 0.305 e. The summed E-state index contributed by atoms with van der Waals surface area (Å²) in [6.45, 7) is 8.28. The third-order valence-corrected chi connectivity index (χ3v) is 11.0. The standard InChI is InChI=1S/C47H41N7/c1-4-17-38-30-32(3)44-46(48-38)53(43(5-2)49-44)42-29-27-34-31-33(26-28-40(34)42)39-24-15-16-25-41(39)45-50-51-52-54(45)47(35-18-9-6-10-19-35,36-20-11-7-12-21-36)37-22-13-8-14-23-37/h4,6-16,18-26,28,30-31,42H,1,5,17,27,29H2,2-3H3/t42-/m0/s1. The fourth-order valence-corrected chi connectivity index (χ4v) is 8.60. The molecule has 0 spiro atoms. The maximum Gasteiger partial charge on any atom is 0.184 e. The summed E-state index contributed by atoms with van der Waals surface area (Å²) in [6, 6.07) is 49.4. The summed E-state index contributed by atoms with van der Waals surface area (Å²) in [7, 11) is 0. The molecule has 54 heavy (non-hydrogen) atoms. The van der Waals surface area contributed by atoms with Gasteiger partial charge in [-0.15, -0.1) is 11.7 Å². The van der Waals surface area contributed by atoms with Crippen molar-refractivity contribution in [2.45, 2.75) is 51.1 Å². The molecule has 3 heterocycles. The van der Waals surface area contributed by atoms with Crippen LogP contribution < -0.4 is 0 Å². The van der Waals surface area contributed by atoms with Gasteiger partial charge in [0.2, 0.25) is 0 Å². The molecule has 0 N–H and O–H groups in total. The van der Waals surface area contributed by atoms with Crippen molar-refractivity contribution in [2.24, 2.45) is 0 Å². The second-order valence-corrected chi connectivity index (χ2v) is 14.1. The van der Waals surface area contributed by atoms with Crippen LogP contribution in [0.2, 0.25) is 0 Å². The Bertz CT molecular complexity index is 2510. The number of rotatable bonds is 10. The fraction of sp³-hybridized carbons (Fsp3) is 0.170. The zero-order chi connectivity index (χ0) is 36.6. The van der Waals surface area contributed by atoms with Gasteiger partial charge in [0.15, 0.2) is 11.5 Å². The van der Waals surface area contributed by atoms with Crippen molar-refractivity contribution >= 4 is 11.2 Å². The molecule has 0 aliphatic heterocycles. The number of allylic oxidation sites excluding steroid dienone is 1. The lowest BCUT2D eigenvalue weighted by Crippen LogP contribution is -2.39. The molecule has 1 aliphatic rings. The van der Waals surface area contributed by atoms with Crippen LogP contribution in [0.15, 0.2) is 152 Å². The van der Waals surface area contributed by atoms with Crippen molar-refractivity contribution in [2.75, 3.05) is 0 Å². The van der Waals surface area contributed by atoms with E-state index >= 15 is 0 Å². The lowest BCUT2D eigenvalue weighted by molar-refractivity contribution is 0.451. The van der Waals surface area contributed by atoms with E-state index in [0.717, 1.165) is 87.3 Å². The van der Waals surface area contributed by atoms with Crippen LogP contribution in [0, 0.1) is 6.92 Å². The van der Waals surface area contributed by atoms with Crippen molar-refractivity contribution in [3.63, 3.8) is 0 Å². The van der Waals surface area contributed by atoms with E-state index in [1.807, 2.05) is 10.8 Å². The lowest BCUT2D eigenvalue weighted by atomic mass is 9.77. The number of nitrogens with zero attached hydrogens (tertiary/aromatic N) is 7. The molecule has 7 heteroatoms. The highest BCUT2D eigenvalue weighted by molar-refractivity contribution is 5.82. The Labute approximate surface area is 315 Å². The fourth-order valence-electron chi connectivity index (χ4n) is 8.60. The van der Waals surface area contributed by atoms with Crippen LogP contribution in [0.25, 0.3) is 33.7 Å². The summed E-state index contributed by atoms with van der Waals surface area (Å²) >= 11 is 0. The third kappa shape index (κ3) is 5.38. The summed E-state index contributed by atoms with van der Waals surface area (Å²) in [5.41, 5.74) is 12.4. The number of hydrogen-bond acceptors (Lipinski definition) is 5. The van der Waals surface area contributed by atoms with Gasteiger partial charge in [0, 0.05) is 24.1 Å². The second kappa shape index (κ2) is 13.8. The van der Waals surface area contributed by atoms with Gasteiger partial charge in [-0.2, -0.15) is 0 Å². The number of hydrogen-bond donors (Lipinski definition) is 0. The normalized spacial score (nSPS) is 14.0. The zero-order valence-electron chi connectivity index (χ0n) is 30.6. The molecule has 1 atom stereocenters. The van der Waals surface area contributed by atoms with Crippen molar-refractivity contribution < 1.29 is 0 Å². The molecule has 5 aromatic carbocycles. The number of tetrazole rings is 1. The maximum atomic E-state index is 5.12. The Balaban J connectivity index is 1.18. The van der Waals surface area contributed by atoms with Gasteiger partial charge in [-0.1, -0.05) is 146 Å². The first-order chi connectivity index (χ1) is 26.6. The average Bonchev–Trinajstić information content (AvgIpc) is 3.97. The molecule has 0 bridgehead atoms. The third-order valence-electron chi connectivity index (χ3n) is 11.0. The highest BCUT2D eigenvalue weighted by Crippen LogP contribution is 2.45. The predicted molar refractivity (Wildman–Crippen MR) is 215 cm³/mol. The number of imidazole rings is 1. The highest BCUT2D eigenvalue weighted by Gasteiger charge is 2.42. The Hall–Kier alpha value is -6.47. The van der Waals surface area contributed by atoms with Gasteiger partial charge in [0.05, 0.1) is 6.04 Å². The molecule has 0 radical (unpaired) electrons. The molecular weight excluding hydrogens is 663 g/mol. The summed E-state index contributed by atoms with van der Waals surface area (Å²) < 4.78 is 4.42. The van der Waals surface area contributed by atoms with E-state index in [2.05, 4.69) is 170 Å². The Kier molecular flexibility index (Phi) is 8.54. The lowest BCUT2D eigenvalue weighted by Gasteiger charge is -2.36. The Morgan fingerprint density at radius 1 is 0.759 bits per heavy atom. The van der Waals surface area contributed by atoms with Crippen LogP contribution in [0.3, 0.4) is 0 Å². The van der Waals surface area contributed by atoms with E-state index < -0.39 is 5.54 Å². The summed E-state index contributed by atoms with van der Waals surface area (Å²) in [5, 5.41) is 14.0. The van der Waals surface area contributed by atoms with Crippen LogP contribution in [0.1, 0.15) is 64.3 Å². The molecule has 0 fully saturated rings. The second-order valence-electron chi connectivity index (χ2n) is 14.1. The van der Waals surface area contributed by atoms with E-state index in [9.17, 15) is 0 Å². The molecule has 0 saturated heterocycles. The highest BCUT2D eigenvalue weighted by atomic mass is 15.6. The van der Waals surface area contributed by atoms with Gasteiger partial charge >= 0.3 is 0 Å². The van der Waals surface area contributed by atoms with Gasteiger partial charge in [-0.3, -0.25) is 0 Å². The van der Waals surface area contributed by atoms with Gasteiger partial charge in [-0.05, 0) is 80.8 Å². The number of aryl methyl sites for hydroxylation is 3. The van der Waals surface area contributed by atoms with E-state index in [1.54, 1.807) is 0 Å². The van der Waals surface area contributed by atoms with Crippen LogP contribution in [0.5, 0.6) is 0 Å². The van der Waals surface area contributed by atoms with Crippen molar-refractivity contribution in [1.82, 2.24) is 34.7 Å². The molecule has 0 saturated carbocycles. The minimum absolute atomic E-state index is 0.172. The zero-order valence-corrected chi connectivity index (χ0v) is 30.6. The van der Waals surface area contributed by atoms with Crippen LogP contribution >= 0.6 is 0 Å². The molecule has 9 rings (SSSR count). The molecular formula is C47H41N7. The van der Waals surface area contributed by atoms with Crippen molar-refractivity contribution in [3.8, 4) is 22.5 Å². The van der Waals surface area contributed by atoms with Gasteiger partial charge in [-0.25, -0.2) is 14.6 Å². The van der Waals surface area contributed by atoms with Crippen molar-refractivity contribution in [1.29, 1.82) is 0 Å². The van der Waals surface area contributed by atoms with Crippen molar-refractivity contribution in [3.05, 3.63) is 197 Å². The first-order valence-electron chi connectivity index (χ1n) is 18.8. The topological polar surface area (TPSA) is 74.3 Å². The number of aromatic nitrogens is 7. The monoisotopic (exact) mass is 703 g/mol. The van der Waals surface area contributed by atoms with E-state index in [1.165, 1.54) is 11.1 Å². The van der Waals surface area contributed by atoms with E-state index in [4.69, 9.17) is 20.3 Å². The number of pyridine rings is 1. The van der Waals surface area contributed by atoms with Gasteiger partial charge in [0.25, 0.3) is 0 Å². The first kappa shape index (κ1) is 33.4. The van der Waals surface area contributed by atoms with Crippen LogP contribution in [-0.2, 0) is 24.8 Å². The van der Waals surface area contributed by atoms with Gasteiger partial charge in [0.1, 0.15) is 16.9 Å². The summed E-state index contributed by atoms with van der Waals surface area (Å²) in [6.07, 6.45) is 5.47. The average molecular weight is 704 g/mol. The SMILES string of the molecule is C=CCc1cc(C)c2nc(CC)n([C@H]3CCc4cc(-c5ccccc5-c5nnnn5C(c5ccccc5)(c5ccccc5)c5ccccc5)ccc43)c2n1. The first-order valence-corrected chi connectivity index (χ1v) is 18.8. The molecule has 0 unspecified atom stereocenters. The number of fused-ring (bicyclic) bond motifs is 2. The van der Waals surface area contributed by atoms with Crippen LogP contribution in [0.4, 0.5) is 0 Å². The molecule has 264 valence electrons. The quantitative estimate of drug-likeness (QED) is 0.105. The Morgan fingerprint density at radius 2 is 1.39 bits per heavy atom. The minimum atomic E-state index is -0.844. The molecule has 8 aromatic rings. The summed E-state index contributed by atoms with van der Waals surface area (Å²) in [4.78, 5) is 10.2. The van der Waals surface area contributed by atoms with E-state index in [0.29, 0.717) is 5.82 Å².